The molecule has 14 heavy (non-hydrogen) atoms. The third kappa shape index (κ3) is 1.24. The number of hydrogen-bond donors (Lipinski definition) is 1. The first-order valence-electron chi connectivity index (χ1n) is 3.81. The Bertz CT molecular complexity index is 535. The van der Waals surface area contributed by atoms with Crippen molar-refractivity contribution in [3.8, 4) is 0 Å². The van der Waals surface area contributed by atoms with Crippen LogP contribution in [0.4, 0.5) is 0 Å². The van der Waals surface area contributed by atoms with Gasteiger partial charge >= 0.3 is 0 Å². The fourth-order valence-electron chi connectivity index (χ4n) is 1.09. The zero-order chi connectivity index (χ0) is 9.97. The Balaban J connectivity index is 2.81. The molecule has 0 atom stereocenters. The number of H-pyrrole nitrogens is 1. The average molecular weight is 191 g/mol. The molecule has 2 aromatic rings. The van der Waals surface area contributed by atoms with E-state index in [1.54, 1.807) is 0 Å². The quantitative estimate of drug-likeness (QED) is 0.601. The van der Waals surface area contributed by atoms with Gasteiger partial charge in [0.2, 0.25) is 0 Å². The summed E-state index contributed by atoms with van der Waals surface area (Å²) in [6.07, 6.45) is 1.98. The highest BCUT2D eigenvalue weighted by Gasteiger charge is 2.07. The first-order valence-corrected chi connectivity index (χ1v) is 3.81. The van der Waals surface area contributed by atoms with E-state index in [0.29, 0.717) is 17.5 Å². The normalized spacial score (nSPS) is 10.3. The summed E-state index contributed by atoms with van der Waals surface area (Å²) < 4.78 is 0. The van der Waals surface area contributed by atoms with E-state index in [0.717, 1.165) is 0 Å². The van der Waals surface area contributed by atoms with E-state index < -0.39 is 5.56 Å². The van der Waals surface area contributed by atoms with Crippen LogP contribution >= 0.6 is 0 Å². The standard InChI is InChI=1S/C7H5N5O2/c13-2-1-4-5-6(7(14)12-10-4)11-9-3-8-5/h2-3H,1H2,(H,12,14). The predicted octanol–water partition coefficient (Wildman–Crippen LogP) is -1.15. The van der Waals surface area contributed by atoms with E-state index in [4.69, 9.17) is 0 Å². The van der Waals surface area contributed by atoms with Gasteiger partial charge in [0.15, 0.2) is 5.52 Å². The van der Waals surface area contributed by atoms with Crippen molar-refractivity contribution in [2.75, 3.05) is 0 Å². The third-order valence-electron chi connectivity index (χ3n) is 1.68. The van der Waals surface area contributed by atoms with E-state index >= 15 is 0 Å². The predicted molar refractivity (Wildman–Crippen MR) is 45.5 cm³/mol. The first kappa shape index (κ1) is 8.42. The number of aldehydes is 1. The molecule has 0 aliphatic rings. The van der Waals surface area contributed by atoms with Gasteiger partial charge in [-0.3, -0.25) is 4.79 Å². The molecular weight excluding hydrogens is 186 g/mol. The summed E-state index contributed by atoms with van der Waals surface area (Å²) >= 11 is 0. The van der Waals surface area contributed by atoms with Gasteiger partial charge in [0.05, 0.1) is 5.69 Å². The van der Waals surface area contributed by atoms with Gasteiger partial charge < -0.3 is 4.79 Å². The first-order chi connectivity index (χ1) is 6.83. The van der Waals surface area contributed by atoms with Crippen molar-refractivity contribution in [1.29, 1.82) is 0 Å². The molecule has 0 saturated heterocycles. The molecule has 0 radical (unpaired) electrons. The van der Waals surface area contributed by atoms with Crippen LogP contribution in [0, 0.1) is 0 Å². The molecule has 2 heterocycles. The molecule has 7 heteroatoms. The van der Waals surface area contributed by atoms with E-state index in [2.05, 4.69) is 25.4 Å². The Morgan fingerprint density at radius 1 is 1.43 bits per heavy atom. The van der Waals surface area contributed by atoms with E-state index in [1.165, 1.54) is 6.33 Å². The van der Waals surface area contributed by atoms with Crippen LogP contribution in [-0.4, -0.2) is 31.7 Å². The molecule has 0 aromatic carbocycles. The number of nitrogens with one attached hydrogen (secondary N) is 1. The van der Waals surface area contributed by atoms with Crippen molar-refractivity contribution in [1.82, 2.24) is 25.4 Å². The second-order valence-corrected chi connectivity index (χ2v) is 2.53. The minimum Gasteiger partial charge on any atom is -0.303 e. The topological polar surface area (TPSA) is 101 Å². The fourth-order valence-corrected chi connectivity index (χ4v) is 1.09. The maximum Gasteiger partial charge on any atom is 0.294 e. The lowest BCUT2D eigenvalue weighted by molar-refractivity contribution is -0.107. The van der Waals surface area contributed by atoms with Crippen LogP contribution in [0.25, 0.3) is 11.0 Å². The molecule has 7 nitrogen and oxygen atoms in total. The van der Waals surface area contributed by atoms with E-state index in [-0.39, 0.29) is 11.9 Å². The molecule has 0 spiro atoms. The number of carbonyl (C=O) groups excluding carboxylic acids is 1. The van der Waals surface area contributed by atoms with Crippen LogP contribution in [0.1, 0.15) is 5.69 Å². The third-order valence-corrected chi connectivity index (χ3v) is 1.68. The van der Waals surface area contributed by atoms with Gasteiger partial charge in [0, 0.05) is 6.42 Å². The summed E-state index contributed by atoms with van der Waals surface area (Å²) in [6.45, 7) is 0. The van der Waals surface area contributed by atoms with Gasteiger partial charge in [-0.15, -0.1) is 10.2 Å². The minimum atomic E-state index is -0.463. The van der Waals surface area contributed by atoms with Crippen molar-refractivity contribution in [3.63, 3.8) is 0 Å². The second-order valence-electron chi connectivity index (χ2n) is 2.53. The summed E-state index contributed by atoms with van der Waals surface area (Å²) in [5.41, 5.74) is 0.343. The minimum absolute atomic E-state index is 0.0893. The molecule has 0 saturated carbocycles. The molecule has 0 aliphatic carbocycles. The molecule has 1 N–H and O–H groups in total. The zero-order valence-electron chi connectivity index (χ0n) is 6.97. The molecule has 0 unspecified atom stereocenters. The van der Waals surface area contributed by atoms with Gasteiger partial charge in [0.25, 0.3) is 5.56 Å². The van der Waals surface area contributed by atoms with Gasteiger partial charge in [-0.2, -0.15) is 5.10 Å². The maximum absolute atomic E-state index is 11.2. The Hall–Kier alpha value is -2.18. The molecule has 0 aliphatic heterocycles. The molecule has 2 aromatic heterocycles. The van der Waals surface area contributed by atoms with Crippen molar-refractivity contribution in [2.24, 2.45) is 0 Å². The molecule has 0 bridgehead atoms. The van der Waals surface area contributed by atoms with Gasteiger partial charge in [-0.25, -0.2) is 10.1 Å². The van der Waals surface area contributed by atoms with Crippen molar-refractivity contribution in [2.45, 2.75) is 6.42 Å². The number of rotatable bonds is 2. The SMILES string of the molecule is O=CCc1n[nH]c(=O)c2nncnc12. The highest BCUT2D eigenvalue weighted by Crippen LogP contribution is 2.04. The number of hydrogen-bond acceptors (Lipinski definition) is 6. The maximum atomic E-state index is 11.2. The fraction of sp³-hybridized carbons (Fsp3) is 0.143. The number of aromatic nitrogens is 5. The van der Waals surface area contributed by atoms with Crippen molar-refractivity contribution >= 4 is 17.3 Å². The highest BCUT2D eigenvalue weighted by atomic mass is 16.1. The number of fused-ring (bicyclic) bond motifs is 1. The van der Waals surface area contributed by atoms with Crippen LogP contribution in [-0.2, 0) is 11.2 Å². The van der Waals surface area contributed by atoms with E-state index in [9.17, 15) is 9.59 Å². The van der Waals surface area contributed by atoms with Crippen LogP contribution in [0.15, 0.2) is 11.1 Å². The monoisotopic (exact) mass is 191 g/mol. The number of aromatic amines is 1. The number of carbonyl (C=O) groups is 1. The van der Waals surface area contributed by atoms with Crippen molar-refractivity contribution < 1.29 is 4.79 Å². The van der Waals surface area contributed by atoms with Gasteiger partial charge in [-0.05, 0) is 0 Å². The summed E-state index contributed by atoms with van der Waals surface area (Å²) in [5, 5.41) is 13.0. The Labute approximate surface area is 77.2 Å². The summed E-state index contributed by atoms with van der Waals surface area (Å²) in [6, 6.07) is 0. The molecule has 0 amide bonds. The van der Waals surface area contributed by atoms with Crippen LogP contribution < -0.4 is 5.56 Å². The lowest BCUT2D eigenvalue weighted by atomic mass is 10.2. The van der Waals surface area contributed by atoms with Crippen LogP contribution in [0.2, 0.25) is 0 Å². The summed E-state index contributed by atoms with van der Waals surface area (Å²) in [4.78, 5) is 25.3. The van der Waals surface area contributed by atoms with Gasteiger partial charge in [-0.1, -0.05) is 0 Å². The van der Waals surface area contributed by atoms with Gasteiger partial charge in [0.1, 0.15) is 18.1 Å². The van der Waals surface area contributed by atoms with Crippen LogP contribution in [0.5, 0.6) is 0 Å². The Kier molecular flexibility index (Phi) is 1.98. The zero-order valence-corrected chi connectivity index (χ0v) is 6.97. The second kappa shape index (κ2) is 3.29. The Morgan fingerprint density at radius 3 is 3.07 bits per heavy atom. The average Bonchev–Trinajstić information content (AvgIpc) is 2.23. The molecular formula is C7H5N5O2. The van der Waals surface area contributed by atoms with Crippen LogP contribution in [0.3, 0.4) is 0 Å². The molecule has 2 rings (SSSR count). The van der Waals surface area contributed by atoms with E-state index in [1.807, 2.05) is 0 Å². The highest BCUT2D eigenvalue weighted by molar-refractivity contribution is 5.76. The molecule has 0 fully saturated rings. The smallest absolute Gasteiger partial charge is 0.294 e. The summed E-state index contributed by atoms with van der Waals surface area (Å²) in [7, 11) is 0. The number of nitrogens with zero attached hydrogens (tertiary/aromatic N) is 4. The van der Waals surface area contributed by atoms with Crippen molar-refractivity contribution in [3.05, 3.63) is 22.4 Å². The largest absolute Gasteiger partial charge is 0.303 e. The lowest BCUT2D eigenvalue weighted by Gasteiger charge is -1.97. The lowest BCUT2D eigenvalue weighted by Crippen LogP contribution is -2.14. The molecule has 70 valence electrons. The Morgan fingerprint density at radius 2 is 2.29 bits per heavy atom. The summed E-state index contributed by atoms with van der Waals surface area (Å²) in [5.74, 6) is 0.